The fraction of sp³-hybridized carbons (Fsp3) is 0.296. The number of benzene rings is 2. The van der Waals surface area contributed by atoms with Crippen LogP contribution in [0.3, 0.4) is 0 Å². The van der Waals surface area contributed by atoms with E-state index in [2.05, 4.69) is 33.3 Å². The standard InChI is InChI=1S/C27H27N5O/c28-18-24-22-12-7-13-23(22)26(20-8-3-1-4-9-20)30-27(24)32-16-14-31(15-17-32)19-25(33)29-21-10-5-2-6-11-21/h1-6,8-11H,7,12-17,19H2,(H,29,33). The van der Waals surface area contributed by atoms with Gasteiger partial charge < -0.3 is 10.2 Å². The van der Waals surface area contributed by atoms with Gasteiger partial charge in [0.2, 0.25) is 5.91 Å². The maximum absolute atomic E-state index is 12.4. The third-order valence-corrected chi connectivity index (χ3v) is 6.50. The third-order valence-electron chi connectivity index (χ3n) is 6.50. The molecular formula is C27H27N5O. The molecule has 166 valence electrons. The molecule has 0 unspecified atom stereocenters. The zero-order valence-electron chi connectivity index (χ0n) is 18.6. The van der Waals surface area contributed by atoms with Crippen LogP contribution < -0.4 is 10.2 Å². The summed E-state index contributed by atoms with van der Waals surface area (Å²) in [5.74, 6) is 0.791. The van der Waals surface area contributed by atoms with Gasteiger partial charge in [-0.05, 0) is 42.5 Å². The highest BCUT2D eigenvalue weighted by atomic mass is 16.2. The number of rotatable bonds is 5. The number of nitriles is 1. The van der Waals surface area contributed by atoms with Gasteiger partial charge in [0.15, 0.2) is 0 Å². The van der Waals surface area contributed by atoms with Crippen LogP contribution in [-0.4, -0.2) is 48.5 Å². The Balaban J connectivity index is 1.32. The summed E-state index contributed by atoms with van der Waals surface area (Å²) in [6, 6.07) is 22.3. The van der Waals surface area contributed by atoms with Gasteiger partial charge >= 0.3 is 0 Å². The topological polar surface area (TPSA) is 72.3 Å². The number of fused-ring (bicyclic) bond motifs is 1. The highest BCUT2D eigenvalue weighted by Gasteiger charge is 2.28. The average molecular weight is 438 g/mol. The van der Waals surface area contributed by atoms with Gasteiger partial charge in [0, 0.05) is 37.4 Å². The number of nitrogens with one attached hydrogen (secondary N) is 1. The number of anilines is 2. The molecule has 2 heterocycles. The first-order chi connectivity index (χ1) is 16.2. The van der Waals surface area contributed by atoms with E-state index >= 15 is 0 Å². The molecule has 1 amide bonds. The van der Waals surface area contributed by atoms with E-state index in [9.17, 15) is 10.1 Å². The Morgan fingerprint density at radius 3 is 2.30 bits per heavy atom. The van der Waals surface area contributed by atoms with Crippen LogP contribution in [0.15, 0.2) is 60.7 Å². The van der Waals surface area contributed by atoms with Crippen LogP contribution in [-0.2, 0) is 17.6 Å². The molecular weight excluding hydrogens is 410 g/mol. The molecule has 1 aromatic heterocycles. The maximum atomic E-state index is 12.4. The Hall–Kier alpha value is -3.69. The molecule has 0 saturated carbocycles. The van der Waals surface area contributed by atoms with E-state index < -0.39 is 0 Å². The number of carbonyl (C=O) groups excluding carboxylic acids is 1. The van der Waals surface area contributed by atoms with Crippen molar-refractivity contribution < 1.29 is 4.79 Å². The molecule has 6 heteroatoms. The first-order valence-electron chi connectivity index (χ1n) is 11.6. The Kier molecular flexibility index (Phi) is 6.05. The number of piperazine rings is 1. The molecule has 1 fully saturated rings. The van der Waals surface area contributed by atoms with Crippen LogP contribution in [0.2, 0.25) is 0 Å². The van der Waals surface area contributed by atoms with Gasteiger partial charge in [-0.3, -0.25) is 9.69 Å². The SMILES string of the molecule is N#Cc1c(N2CCN(CC(=O)Nc3ccccc3)CC2)nc(-c2ccccc2)c2c1CCC2. The predicted molar refractivity (Wildman–Crippen MR) is 130 cm³/mol. The zero-order chi connectivity index (χ0) is 22.6. The van der Waals surface area contributed by atoms with Crippen molar-refractivity contribution in [3.63, 3.8) is 0 Å². The highest BCUT2D eigenvalue weighted by molar-refractivity contribution is 5.92. The van der Waals surface area contributed by atoms with Crippen LogP contribution in [0.1, 0.15) is 23.1 Å². The van der Waals surface area contributed by atoms with E-state index in [1.165, 1.54) is 11.1 Å². The van der Waals surface area contributed by atoms with Gasteiger partial charge in [0.05, 0.1) is 17.8 Å². The van der Waals surface area contributed by atoms with Gasteiger partial charge in [-0.25, -0.2) is 4.98 Å². The van der Waals surface area contributed by atoms with Crippen molar-refractivity contribution in [1.82, 2.24) is 9.88 Å². The number of carbonyl (C=O) groups is 1. The molecule has 0 radical (unpaired) electrons. The number of aromatic nitrogens is 1. The molecule has 2 aliphatic rings. The Morgan fingerprint density at radius 2 is 1.61 bits per heavy atom. The van der Waals surface area contributed by atoms with Gasteiger partial charge in [0.25, 0.3) is 0 Å². The number of hydrogen-bond acceptors (Lipinski definition) is 5. The molecule has 33 heavy (non-hydrogen) atoms. The Morgan fingerprint density at radius 1 is 0.939 bits per heavy atom. The van der Waals surface area contributed by atoms with Gasteiger partial charge in [0.1, 0.15) is 11.9 Å². The number of hydrogen-bond donors (Lipinski definition) is 1. The van der Waals surface area contributed by atoms with Crippen molar-refractivity contribution in [1.29, 1.82) is 5.26 Å². The van der Waals surface area contributed by atoms with Crippen LogP contribution in [0, 0.1) is 11.3 Å². The third kappa shape index (κ3) is 4.46. The van der Waals surface area contributed by atoms with Crippen molar-refractivity contribution in [3.8, 4) is 17.3 Å². The first-order valence-corrected chi connectivity index (χ1v) is 11.6. The highest BCUT2D eigenvalue weighted by Crippen LogP contribution is 2.37. The lowest BCUT2D eigenvalue weighted by Crippen LogP contribution is -2.49. The fourth-order valence-electron chi connectivity index (χ4n) is 4.87. The molecule has 0 atom stereocenters. The second-order valence-corrected chi connectivity index (χ2v) is 8.62. The van der Waals surface area contributed by atoms with Crippen molar-refractivity contribution in [2.24, 2.45) is 0 Å². The maximum Gasteiger partial charge on any atom is 0.238 e. The minimum absolute atomic E-state index is 0.00520. The molecule has 0 spiro atoms. The van der Waals surface area contributed by atoms with E-state index in [4.69, 9.17) is 4.98 Å². The molecule has 5 rings (SSSR count). The monoisotopic (exact) mass is 437 g/mol. The molecule has 1 saturated heterocycles. The minimum Gasteiger partial charge on any atom is -0.353 e. The lowest BCUT2D eigenvalue weighted by molar-refractivity contribution is -0.117. The largest absolute Gasteiger partial charge is 0.353 e. The molecule has 1 aliphatic heterocycles. The lowest BCUT2D eigenvalue weighted by Gasteiger charge is -2.36. The van der Waals surface area contributed by atoms with Gasteiger partial charge in [-0.15, -0.1) is 0 Å². The summed E-state index contributed by atoms with van der Waals surface area (Å²) in [5.41, 5.74) is 6.08. The van der Waals surface area contributed by atoms with Crippen molar-refractivity contribution in [2.75, 3.05) is 42.9 Å². The molecule has 1 N–H and O–H groups in total. The van der Waals surface area contributed by atoms with Crippen LogP contribution in [0.25, 0.3) is 11.3 Å². The predicted octanol–water partition coefficient (Wildman–Crippen LogP) is 3.87. The summed E-state index contributed by atoms with van der Waals surface area (Å²) in [5, 5.41) is 13.0. The van der Waals surface area contributed by atoms with E-state index in [1.807, 2.05) is 48.5 Å². The first kappa shape index (κ1) is 21.2. The van der Waals surface area contributed by atoms with Crippen molar-refractivity contribution in [3.05, 3.63) is 77.4 Å². The summed E-state index contributed by atoms with van der Waals surface area (Å²) < 4.78 is 0. The fourth-order valence-corrected chi connectivity index (χ4v) is 4.87. The smallest absolute Gasteiger partial charge is 0.238 e. The summed E-state index contributed by atoms with van der Waals surface area (Å²) >= 11 is 0. The summed E-state index contributed by atoms with van der Waals surface area (Å²) in [6.45, 7) is 3.36. The van der Waals surface area contributed by atoms with Crippen molar-refractivity contribution in [2.45, 2.75) is 19.3 Å². The molecule has 1 aliphatic carbocycles. The van der Waals surface area contributed by atoms with Crippen molar-refractivity contribution >= 4 is 17.4 Å². The quantitative estimate of drug-likeness (QED) is 0.656. The number of amides is 1. The number of nitrogens with zero attached hydrogens (tertiary/aromatic N) is 4. The minimum atomic E-state index is -0.00520. The number of pyridine rings is 1. The lowest BCUT2D eigenvalue weighted by atomic mass is 9.98. The normalized spacial score (nSPS) is 15.7. The Bertz CT molecular complexity index is 1180. The summed E-state index contributed by atoms with van der Waals surface area (Å²) in [6.07, 6.45) is 2.98. The molecule has 2 aromatic carbocycles. The van der Waals surface area contributed by atoms with Crippen LogP contribution >= 0.6 is 0 Å². The van der Waals surface area contributed by atoms with E-state index in [1.54, 1.807) is 0 Å². The van der Waals surface area contributed by atoms with Gasteiger partial charge in [-0.2, -0.15) is 5.26 Å². The van der Waals surface area contributed by atoms with Crippen LogP contribution in [0.5, 0.6) is 0 Å². The second kappa shape index (κ2) is 9.43. The molecule has 0 bridgehead atoms. The average Bonchev–Trinajstić information content (AvgIpc) is 3.34. The Labute approximate surface area is 194 Å². The summed E-state index contributed by atoms with van der Waals surface area (Å²) in [4.78, 5) is 21.9. The van der Waals surface area contributed by atoms with E-state index in [0.717, 1.165) is 73.8 Å². The molecule has 3 aromatic rings. The zero-order valence-corrected chi connectivity index (χ0v) is 18.6. The molecule has 6 nitrogen and oxygen atoms in total. The second-order valence-electron chi connectivity index (χ2n) is 8.62. The van der Waals surface area contributed by atoms with E-state index in [-0.39, 0.29) is 5.91 Å². The van der Waals surface area contributed by atoms with E-state index in [0.29, 0.717) is 6.54 Å². The summed E-state index contributed by atoms with van der Waals surface area (Å²) in [7, 11) is 0. The van der Waals surface area contributed by atoms with Gasteiger partial charge in [-0.1, -0.05) is 48.5 Å². The van der Waals surface area contributed by atoms with Crippen LogP contribution in [0.4, 0.5) is 11.5 Å². The number of para-hydroxylation sites is 1.